The van der Waals surface area contributed by atoms with E-state index in [9.17, 15) is 13.2 Å². The molecular formula is C12H25F3O3SSi. The summed E-state index contributed by atoms with van der Waals surface area (Å²) in [5.74, 6) is 0. The summed E-state index contributed by atoms with van der Waals surface area (Å²) in [5, 5.41) is 0. The molecule has 0 amide bonds. The number of rotatable bonds is 3. The lowest BCUT2D eigenvalue weighted by Crippen LogP contribution is -2.40. The summed E-state index contributed by atoms with van der Waals surface area (Å²) in [5.41, 5.74) is -4.37. The molecule has 0 bridgehead atoms. The first-order valence-corrected chi connectivity index (χ1v) is 11.2. The number of hydrogen-bond donors (Lipinski definition) is 1. The van der Waals surface area contributed by atoms with Crippen molar-refractivity contribution in [1.29, 1.82) is 0 Å². The van der Waals surface area contributed by atoms with E-state index in [4.69, 9.17) is 13.0 Å². The van der Waals surface area contributed by atoms with E-state index in [0.717, 1.165) is 0 Å². The first kappa shape index (κ1) is 19.9. The SMILES string of the molecule is CCC1CCCC[Si]1(CC)CC.O=S(=O)(O)C(F)(F)F. The summed E-state index contributed by atoms with van der Waals surface area (Å²) in [6.45, 7) is 7.30. The zero-order valence-electron chi connectivity index (χ0n) is 12.3. The van der Waals surface area contributed by atoms with Crippen molar-refractivity contribution in [2.45, 2.75) is 75.6 Å². The first-order chi connectivity index (χ1) is 9.04. The highest BCUT2D eigenvalue weighted by molar-refractivity contribution is 7.86. The predicted octanol–water partition coefficient (Wildman–Crippen LogP) is 4.83. The van der Waals surface area contributed by atoms with Crippen molar-refractivity contribution in [1.82, 2.24) is 0 Å². The molecule has 1 N–H and O–H groups in total. The number of hydrogen-bond acceptors (Lipinski definition) is 2. The molecule has 0 aromatic carbocycles. The quantitative estimate of drug-likeness (QED) is 0.457. The highest BCUT2D eigenvalue weighted by Gasteiger charge is 2.44. The highest BCUT2D eigenvalue weighted by Crippen LogP contribution is 2.44. The molecule has 122 valence electrons. The van der Waals surface area contributed by atoms with Gasteiger partial charge in [0.1, 0.15) is 0 Å². The number of alkyl halides is 3. The van der Waals surface area contributed by atoms with Crippen LogP contribution in [-0.2, 0) is 10.1 Å². The van der Waals surface area contributed by atoms with Crippen LogP contribution in [0, 0.1) is 0 Å². The molecular weight excluding hydrogens is 309 g/mol. The lowest BCUT2D eigenvalue weighted by molar-refractivity contribution is -0.0510. The molecule has 0 radical (unpaired) electrons. The van der Waals surface area contributed by atoms with Crippen LogP contribution in [0.15, 0.2) is 0 Å². The lowest BCUT2D eigenvalue weighted by atomic mass is 10.1. The van der Waals surface area contributed by atoms with Crippen molar-refractivity contribution in [3.8, 4) is 0 Å². The van der Waals surface area contributed by atoms with Crippen LogP contribution in [0.25, 0.3) is 0 Å². The Morgan fingerprint density at radius 2 is 1.60 bits per heavy atom. The highest BCUT2D eigenvalue weighted by atomic mass is 32.2. The molecule has 1 saturated heterocycles. The van der Waals surface area contributed by atoms with E-state index in [1.165, 1.54) is 18.4 Å². The lowest BCUT2D eigenvalue weighted by Gasteiger charge is -2.41. The Morgan fingerprint density at radius 1 is 1.15 bits per heavy atom. The van der Waals surface area contributed by atoms with E-state index in [2.05, 4.69) is 20.8 Å². The number of halogens is 3. The maximum Gasteiger partial charge on any atom is 0.522 e. The van der Waals surface area contributed by atoms with Crippen molar-refractivity contribution in [3.63, 3.8) is 0 Å². The second-order valence-electron chi connectivity index (χ2n) is 5.34. The maximum atomic E-state index is 10.7. The summed E-state index contributed by atoms with van der Waals surface area (Å²) < 4.78 is 57.5. The van der Waals surface area contributed by atoms with Crippen molar-refractivity contribution in [2.24, 2.45) is 0 Å². The fourth-order valence-electron chi connectivity index (χ4n) is 3.20. The third-order valence-corrected chi connectivity index (χ3v) is 11.7. The van der Waals surface area contributed by atoms with Crippen LogP contribution in [0.1, 0.15) is 46.5 Å². The van der Waals surface area contributed by atoms with E-state index >= 15 is 0 Å². The summed E-state index contributed by atoms with van der Waals surface area (Å²) in [6.07, 6.45) is 6.09. The van der Waals surface area contributed by atoms with Crippen LogP contribution in [-0.4, -0.2) is 26.6 Å². The average molecular weight is 334 g/mol. The fraction of sp³-hybridized carbons (Fsp3) is 1.00. The molecule has 1 aliphatic heterocycles. The molecule has 1 rings (SSSR count). The second kappa shape index (κ2) is 7.79. The molecule has 0 aromatic heterocycles. The summed E-state index contributed by atoms with van der Waals surface area (Å²) in [6, 6.07) is 4.72. The fourth-order valence-corrected chi connectivity index (χ4v) is 8.60. The molecule has 20 heavy (non-hydrogen) atoms. The van der Waals surface area contributed by atoms with Crippen LogP contribution in [0.2, 0.25) is 23.7 Å². The van der Waals surface area contributed by atoms with Crippen LogP contribution < -0.4 is 0 Å². The molecule has 0 saturated carbocycles. The molecule has 1 fully saturated rings. The smallest absolute Gasteiger partial charge is 0.279 e. The van der Waals surface area contributed by atoms with E-state index < -0.39 is 23.7 Å². The van der Waals surface area contributed by atoms with Crippen molar-refractivity contribution >= 4 is 18.2 Å². The van der Waals surface area contributed by atoms with E-state index in [1.807, 2.05) is 0 Å². The van der Waals surface area contributed by atoms with Gasteiger partial charge in [0.25, 0.3) is 0 Å². The molecule has 1 atom stereocenters. The third-order valence-electron chi connectivity index (χ3n) is 4.54. The predicted molar refractivity (Wildman–Crippen MR) is 77.0 cm³/mol. The average Bonchev–Trinajstić information content (AvgIpc) is 2.36. The van der Waals surface area contributed by atoms with Crippen molar-refractivity contribution in [2.75, 3.05) is 0 Å². The minimum atomic E-state index is -5.84. The summed E-state index contributed by atoms with van der Waals surface area (Å²) in [4.78, 5) is 0. The van der Waals surface area contributed by atoms with Gasteiger partial charge >= 0.3 is 15.6 Å². The van der Waals surface area contributed by atoms with Gasteiger partial charge in [0.05, 0.1) is 8.07 Å². The van der Waals surface area contributed by atoms with Crippen LogP contribution in [0.4, 0.5) is 13.2 Å². The van der Waals surface area contributed by atoms with E-state index in [-0.39, 0.29) is 0 Å². The Morgan fingerprint density at radius 3 is 1.85 bits per heavy atom. The first-order valence-electron chi connectivity index (χ1n) is 7.07. The topological polar surface area (TPSA) is 54.4 Å². The molecule has 8 heteroatoms. The zero-order valence-corrected chi connectivity index (χ0v) is 14.1. The van der Waals surface area contributed by atoms with E-state index in [0.29, 0.717) is 0 Å². The monoisotopic (exact) mass is 334 g/mol. The largest absolute Gasteiger partial charge is 0.522 e. The maximum absolute atomic E-state index is 10.7. The van der Waals surface area contributed by atoms with Gasteiger partial charge in [-0.2, -0.15) is 21.6 Å². The van der Waals surface area contributed by atoms with E-state index in [1.54, 1.807) is 31.0 Å². The van der Waals surface area contributed by atoms with Gasteiger partial charge in [-0.1, -0.05) is 64.6 Å². The second-order valence-corrected chi connectivity index (χ2v) is 12.2. The minimum Gasteiger partial charge on any atom is -0.279 e. The van der Waals surface area contributed by atoms with Gasteiger partial charge in [0, 0.05) is 0 Å². The minimum absolute atomic E-state index is 0.760. The summed E-state index contributed by atoms with van der Waals surface area (Å²) >= 11 is 0. The van der Waals surface area contributed by atoms with Crippen LogP contribution in [0.5, 0.6) is 0 Å². The summed E-state index contributed by atoms with van der Waals surface area (Å²) in [7, 11) is -6.60. The zero-order chi connectivity index (χ0) is 16.0. The Labute approximate surface area is 120 Å². The van der Waals surface area contributed by atoms with Crippen molar-refractivity contribution < 1.29 is 26.1 Å². The molecule has 0 aliphatic carbocycles. The molecule has 3 nitrogen and oxygen atoms in total. The molecule has 1 aliphatic rings. The van der Waals surface area contributed by atoms with Gasteiger partial charge in [-0.05, 0) is 5.54 Å². The Bertz CT molecular complexity index is 378. The molecule has 1 heterocycles. The van der Waals surface area contributed by atoms with Gasteiger partial charge in [0.15, 0.2) is 0 Å². The Kier molecular flexibility index (Phi) is 7.76. The molecule has 0 aromatic rings. The standard InChI is InChI=1S/C11H24Si.CHF3O3S/c1-4-11-9-7-8-10-12(11,5-2)6-3;2-1(3,4)8(5,6)7/h11H,4-10H2,1-3H3;(H,5,6,7). The Balaban J connectivity index is 0.000000396. The van der Waals surface area contributed by atoms with Gasteiger partial charge in [-0.3, -0.25) is 4.55 Å². The normalized spacial score (nSPS) is 22.9. The van der Waals surface area contributed by atoms with Gasteiger partial charge in [0.2, 0.25) is 0 Å². The van der Waals surface area contributed by atoms with Gasteiger partial charge < -0.3 is 0 Å². The Hall–Kier alpha value is -0.0831. The molecule has 1 unspecified atom stereocenters. The van der Waals surface area contributed by atoms with Gasteiger partial charge in [-0.15, -0.1) is 0 Å². The molecule has 0 spiro atoms. The van der Waals surface area contributed by atoms with Gasteiger partial charge in [-0.25, -0.2) is 0 Å². The van der Waals surface area contributed by atoms with Crippen molar-refractivity contribution in [3.05, 3.63) is 0 Å². The van der Waals surface area contributed by atoms with Crippen LogP contribution >= 0.6 is 0 Å². The third kappa shape index (κ3) is 5.36. The van der Waals surface area contributed by atoms with Crippen LogP contribution in [0.3, 0.4) is 0 Å².